The number of hydrogen-bond acceptors (Lipinski definition) is 5. The second-order valence-corrected chi connectivity index (χ2v) is 7.79. The van der Waals surface area contributed by atoms with Crippen LogP contribution in [0.4, 0.5) is 0 Å². The van der Waals surface area contributed by atoms with Gasteiger partial charge in [0.15, 0.2) is 0 Å². The molecular weight excluding hydrogens is 316 g/mol. The molecule has 0 unspecified atom stereocenters. The SMILES string of the molecule is CCC1(CO)CCN(C(=O)c2cnc(-c3cccs3)s2)CC1. The van der Waals surface area contributed by atoms with E-state index in [-0.39, 0.29) is 17.9 Å². The fourth-order valence-electron chi connectivity index (χ4n) is 2.85. The van der Waals surface area contributed by atoms with E-state index in [1.807, 2.05) is 22.4 Å². The largest absolute Gasteiger partial charge is 0.396 e. The maximum atomic E-state index is 12.6. The summed E-state index contributed by atoms with van der Waals surface area (Å²) >= 11 is 3.10. The average Bonchev–Trinajstić information content (AvgIpc) is 3.25. The van der Waals surface area contributed by atoms with Gasteiger partial charge in [0.25, 0.3) is 5.91 Å². The number of likely N-dealkylation sites (tertiary alicyclic amines) is 1. The number of aliphatic hydroxyl groups is 1. The zero-order chi connectivity index (χ0) is 15.6. The number of thiophene rings is 1. The molecule has 0 aliphatic carbocycles. The maximum absolute atomic E-state index is 12.6. The molecule has 1 N–H and O–H groups in total. The summed E-state index contributed by atoms with van der Waals surface area (Å²) in [5, 5.41) is 12.5. The summed E-state index contributed by atoms with van der Waals surface area (Å²) in [6.07, 6.45) is 4.41. The first-order chi connectivity index (χ1) is 10.7. The van der Waals surface area contributed by atoms with E-state index >= 15 is 0 Å². The molecule has 1 amide bonds. The number of carbonyl (C=O) groups excluding carboxylic acids is 1. The second-order valence-electron chi connectivity index (χ2n) is 5.81. The average molecular weight is 336 g/mol. The van der Waals surface area contributed by atoms with Crippen LogP contribution in [0.1, 0.15) is 35.9 Å². The van der Waals surface area contributed by atoms with E-state index in [0.717, 1.165) is 42.2 Å². The lowest BCUT2D eigenvalue weighted by Crippen LogP contribution is -2.44. The Kier molecular flexibility index (Phi) is 4.61. The minimum absolute atomic E-state index is 0.00656. The minimum Gasteiger partial charge on any atom is -0.396 e. The van der Waals surface area contributed by atoms with Gasteiger partial charge in [-0.2, -0.15) is 0 Å². The predicted molar refractivity (Wildman–Crippen MR) is 90.4 cm³/mol. The number of carbonyl (C=O) groups is 1. The monoisotopic (exact) mass is 336 g/mol. The van der Waals surface area contributed by atoms with E-state index in [4.69, 9.17) is 0 Å². The smallest absolute Gasteiger partial charge is 0.265 e. The van der Waals surface area contributed by atoms with Crippen LogP contribution in [0.5, 0.6) is 0 Å². The van der Waals surface area contributed by atoms with Crippen LogP contribution in [0.15, 0.2) is 23.7 Å². The second kappa shape index (κ2) is 6.48. The van der Waals surface area contributed by atoms with Crippen LogP contribution in [0.25, 0.3) is 9.88 Å². The number of nitrogens with zero attached hydrogens (tertiary/aromatic N) is 2. The molecule has 0 saturated carbocycles. The highest BCUT2D eigenvalue weighted by molar-refractivity contribution is 7.21. The van der Waals surface area contributed by atoms with Crippen molar-refractivity contribution in [3.63, 3.8) is 0 Å². The quantitative estimate of drug-likeness (QED) is 0.930. The van der Waals surface area contributed by atoms with Crippen molar-refractivity contribution < 1.29 is 9.90 Å². The van der Waals surface area contributed by atoms with Gasteiger partial charge in [0.2, 0.25) is 0 Å². The van der Waals surface area contributed by atoms with Crippen molar-refractivity contribution in [2.45, 2.75) is 26.2 Å². The van der Waals surface area contributed by atoms with Gasteiger partial charge in [0.05, 0.1) is 11.1 Å². The topological polar surface area (TPSA) is 53.4 Å². The van der Waals surface area contributed by atoms with E-state index in [2.05, 4.69) is 11.9 Å². The van der Waals surface area contributed by atoms with Gasteiger partial charge >= 0.3 is 0 Å². The lowest BCUT2D eigenvalue weighted by Gasteiger charge is -2.40. The van der Waals surface area contributed by atoms with Gasteiger partial charge in [0.1, 0.15) is 9.88 Å². The molecule has 3 rings (SSSR count). The number of rotatable bonds is 4. The molecule has 0 bridgehead atoms. The number of aliphatic hydroxyl groups excluding tert-OH is 1. The highest BCUT2D eigenvalue weighted by atomic mass is 32.1. The Morgan fingerprint density at radius 3 is 2.82 bits per heavy atom. The Morgan fingerprint density at radius 1 is 1.45 bits per heavy atom. The molecule has 0 atom stereocenters. The van der Waals surface area contributed by atoms with Crippen LogP contribution in [0.3, 0.4) is 0 Å². The van der Waals surface area contributed by atoms with Crippen molar-refractivity contribution in [3.8, 4) is 9.88 Å². The van der Waals surface area contributed by atoms with E-state index in [0.29, 0.717) is 4.88 Å². The molecule has 3 heterocycles. The standard InChI is InChI=1S/C16H20N2O2S2/c1-2-16(11-19)5-7-18(8-6-16)15(20)13-10-17-14(22-13)12-4-3-9-21-12/h3-4,9-10,19H,2,5-8,11H2,1H3. The highest BCUT2D eigenvalue weighted by Gasteiger charge is 2.34. The minimum atomic E-state index is 0.00656. The summed E-state index contributed by atoms with van der Waals surface area (Å²) in [5.74, 6) is 0.0722. The van der Waals surface area contributed by atoms with Crippen molar-refractivity contribution in [1.82, 2.24) is 9.88 Å². The number of amides is 1. The molecule has 0 radical (unpaired) electrons. The third-order valence-corrected chi connectivity index (χ3v) is 6.67. The normalized spacial score (nSPS) is 17.6. The molecule has 118 valence electrons. The van der Waals surface area contributed by atoms with Gasteiger partial charge in [-0.25, -0.2) is 4.98 Å². The Labute approximate surface area is 138 Å². The fraction of sp³-hybridized carbons (Fsp3) is 0.500. The van der Waals surface area contributed by atoms with Gasteiger partial charge in [-0.1, -0.05) is 13.0 Å². The Bertz CT molecular complexity index is 622. The Morgan fingerprint density at radius 2 is 2.23 bits per heavy atom. The summed E-state index contributed by atoms with van der Waals surface area (Å²) < 4.78 is 0. The van der Waals surface area contributed by atoms with Crippen molar-refractivity contribution in [3.05, 3.63) is 28.6 Å². The first-order valence-corrected chi connectivity index (χ1v) is 9.27. The van der Waals surface area contributed by atoms with Crippen LogP contribution < -0.4 is 0 Å². The van der Waals surface area contributed by atoms with E-state index in [1.54, 1.807) is 17.5 Å². The summed E-state index contributed by atoms with van der Waals surface area (Å²) in [6.45, 7) is 3.78. The molecular formula is C16H20N2O2S2. The molecule has 4 nitrogen and oxygen atoms in total. The Hall–Kier alpha value is -1.24. The van der Waals surface area contributed by atoms with Crippen LogP contribution >= 0.6 is 22.7 Å². The first kappa shape index (κ1) is 15.6. The lowest BCUT2D eigenvalue weighted by atomic mass is 9.77. The predicted octanol–water partition coefficient (Wildman–Crippen LogP) is 3.50. The lowest BCUT2D eigenvalue weighted by molar-refractivity contribution is 0.0341. The molecule has 1 saturated heterocycles. The van der Waals surface area contributed by atoms with Crippen molar-refractivity contribution in [2.24, 2.45) is 5.41 Å². The molecule has 22 heavy (non-hydrogen) atoms. The summed E-state index contributed by atoms with van der Waals surface area (Å²) in [7, 11) is 0. The summed E-state index contributed by atoms with van der Waals surface area (Å²) in [5.41, 5.74) is 0.00656. The van der Waals surface area contributed by atoms with Crippen LogP contribution in [0, 0.1) is 5.41 Å². The number of piperidine rings is 1. The van der Waals surface area contributed by atoms with Gasteiger partial charge in [0, 0.05) is 19.7 Å². The van der Waals surface area contributed by atoms with Gasteiger partial charge in [-0.15, -0.1) is 22.7 Å². The molecule has 1 aliphatic rings. The highest BCUT2D eigenvalue weighted by Crippen LogP contribution is 2.35. The third-order valence-electron chi connectivity index (χ3n) is 4.65. The molecule has 2 aromatic rings. The van der Waals surface area contributed by atoms with E-state index < -0.39 is 0 Å². The van der Waals surface area contributed by atoms with E-state index in [1.165, 1.54) is 11.3 Å². The first-order valence-electron chi connectivity index (χ1n) is 7.57. The fourth-order valence-corrected chi connectivity index (χ4v) is 4.54. The molecule has 1 fully saturated rings. The van der Waals surface area contributed by atoms with E-state index in [9.17, 15) is 9.90 Å². The molecule has 0 spiro atoms. The zero-order valence-electron chi connectivity index (χ0n) is 12.6. The Balaban J connectivity index is 1.68. The summed E-state index contributed by atoms with van der Waals surface area (Å²) in [6, 6.07) is 4.02. The maximum Gasteiger partial charge on any atom is 0.265 e. The van der Waals surface area contributed by atoms with Gasteiger partial charge in [-0.05, 0) is 36.1 Å². The molecule has 1 aliphatic heterocycles. The third kappa shape index (κ3) is 2.95. The van der Waals surface area contributed by atoms with Crippen LogP contribution in [0.2, 0.25) is 0 Å². The summed E-state index contributed by atoms with van der Waals surface area (Å²) in [4.78, 5) is 20.7. The molecule has 6 heteroatoms. The molecule has 2 aromatic heterocycles. The number of thiazole rings is 1. The number of aromatic nitrogens is 1. The molecule has 0 aromatic carbocycles. The van der Waals surface area contributed by atoms with Crippen LogP contribution in [-0.2, 0) is 0 Å². The van der Waals surface area contributed by atoms with Crippen molar-refractivity contribution in [2.75, 3.05) is 19.7 Å². The van der Waals surface area contributed by atoms with Crippen molar-refractivity contribution >= 4 is 28.6 Å². The van der Waals surface area contributed by atoms with Crippen molar-refractivity contribution in [1.29, 1.82) is 0 Å². The van der Waals surface area contributed by atoms with Gasteiger partial charge < -0.3 is 10.0 Å². The number of hydrogen-bond donors (Lipinski definition) is 1. The zero-order valence-corrected chi connectivity index (χ0v) is 14.3. The van der Waals surface area contributed by atoms with Gasteiger partial charge in [-0.3, -0.25) is 4.79 Å². The van der Waals surface area contributed by atoms with Crippen LogP contribution in [-0.4, -0.2) is 40.6 Å².